The molecule has 3 aromatic rings. The van der Waals surface area contributed by atoms with Crippen molar-refractivity contribution in [2.45, 2.75) is 19.5 Å². The molecule has 0 bridgehead atoms. The number of oxazole rings is 1. The van der Waals surface area contributed by atoms with Crippen LogP contribution in [0.25, 0.3) is 11.3 Å². The molecule has 0 spiro atoms. The van der Waals surface area contributed by atoms with Gasteiger partial charge < -0.3 is 9.73 Å². The molecule has 0 atom stereocenters. The first kappa shape index (κ1) is 20.4. The predicted molar refractivity (Wildman–Crippen MR) is 90.6 cm³/mol. The van der Waals surface area contributed by atoms with E-state index in [2.05, 4.69) is 14.7 Å². The molecule has 0 aliphatic carbocycles. The number of benzene rings is 2. The summed E-state index contributed by atoms with van der Waals surface area (Å²) in [6.45, 7) is 1.51. The minimum Gasteiger partial charge on any atom is -0.437 e. The van der Waals surface area contributed by atoms with Crippen molar-refractivity contribution in [3.05, 3.63) is 71.1 Å². The molecule has 1 amide bonds. The summed E-state index contributed by atoms with van der Waals surface area (Å²) in [4.78, 5) is 15.4. The van der Waals surface area contributed by atoms with Crippen molar-refractivity contribution < 1.29 is 35.6 Å². The highest BCUT2D eigenvalue weighted by molar-refractivity contribution is 6.04. The predicted octanol–water partition coefficient (Wildman–Crippen LogP) is 5.59. The second-order valence-electron chi connectivity index (χ2n) is 5.89. The number of hydrogen-bond donors (Lipinski definition) is 1. The van der Waals surface area contributed by atoms with Crippen LogP contribution in [0, 0.1) is 17.5 Å². The number of nitrogens with zero attached hydrogens (tertiary/aromatic N) is 1. The Labute approximate surface area is 160 Å². The van der Waals surface area contributed by atoms with Gasteiger partial charge in [0.1, 0.15) is 34.5 Å². The fourth-order valence-electron chi connectivity index (χ4n) is 2.62. The second-order valence-corrected chi connectivity index (χ2v) is 5.89. The summed E-state index contributed by atoms with van der Waals surface area (Å²) >= 11 is 0. The lowest BCUT2D eigenvalue weighted by molar-refractivity contribution is -0.157. The lowest BCUT2D eigenvalue weighted by Gasteiger charge is -2.09. The highest BCUT2D eigenvalue weighted by Crippen LogP contribution is 2.35. The fourth-order valence-corrected chi connectivity index (χ4v) is 2.62. The molecule has 10 heteroatoms. The number of anilines is 1. The number of amides is 1. The Bertz CT molecular complexity index is 1050. The number of halogens is 6. The van der Waals surface area contributed by atoms with E-state index < -0.39 is 41.0 Å². The molecule has 0 radical (unpaired) electrons. The Kier molecular flexibility index (Phi) is 5.36. The van der Waals surface area contributed by atoms with Crippen LogP contribution in [0.3, 0.4) is 0 Å². The van der Waals surface area contributed by atoms with Gasteiger partial charge in [0.2, 0.25) is 0 Å². The van der Waals surface area contributed by atoms with Gasteiger partial charge in [0.25, 0.3) is 5.91 Å². The van der Waals surface area contributed by atoms with Crippen molar-refractivity contribution in [3.8, 4) is 11.3 Å². The van der Waals surface area contributed by atoms with Crippen LogP contribution in [-0.4, -0.2) is 10.9 Å². The third-order valence-electron chi connectivity index (χ3n) is 3.93. The molecule has 0 saturated carbocycles. The normalized spacial score (nSPS) is 11.6. The van der Waals surface area contributed by atoms with Gasteiger partial charge >= 0.3 is 12.1 Å². The number of nitrogens with one attached hydrogen (secondary N) is 1. The van der Waals surface area contributed by atoms with Gasteiger partial charge in [-0.2, -0.15) is 13.2 Å². The van der Waals surface area contributed by atoms with Crippen molar-refractivity contribution in [1.29, 1.82) is 0 Å². The van der Waals surface area contributed by atoms with E-state index in [0.29, 0.717) is 0 Å². The Hall–Kier alpha value is -3.30. The molecule has 1 aromatic heterocycles. The summed E-state index contributed by atoms with van der Waals surface area (Å²) in [5.74, 6) is -6.03. The first-order valence-corrected chi connectivity index (χ1v) is 8.24. The number of alkyl halides is 3. The van der Waals surface area contributed by atoms with Crippen LogP contribution >= 0.6 is 0 Å². The van der Waals surface area contributed by atoms with Crippen molar-refractivity contribution in [3.63, 3.8) is 0 Å². The zero-order chi connectivity index (χ0) is 21.3. The zero-order valence-corrected chi connectivity index (χ0v) is 14.7. The fraction of sp³-hybridized carbons (Fsp3) is 0.158. The van der Waals surface area contributed by atoms with Crippen LogP contribution in [0.4, 0.5) is 32.0 Å². The SMILES string of the molecule is CCc1oc(C(F)(F)F)nc1-c1ccc(NC(=O)c2c(F)cccc2F)cc1F. The maximum atomic E-state index is 14.5. The van der Waals surface area contributed by atoms with Crippen molar-refractivity contribution in [2.24, 2.45) is 0 Å². The van der Waals surface area contributed by atoms with E-state index in [0.717, 1.165) is 36.4 Å². The highest BCUT2D eigenvalue weighted by atomic mass is 19.4. The van der Waals surface area contributed by atoms with Gasteiger partial charge in [-0.05, 0) is 30.3 Å². The topological polar surface area (TPSA) is 55.1 Å². The molecule has 1 heterocycles. The second kappa shape index (κ2) is 7.61. The highest BCUT2D eigenvalue weighted by Gasteiger charge is 2.38. The Morgan fingerprint density at radius 2 is 1.72 bits per heavy atom. The van der Waals surface area contributed by atoms with E-state index in [-0.39, 0.29) is 29.1 Å². The standard InChI is InChI=1S/C19H12F6N2O2/c1-2-14-16(27-18(29-14)19(23,24)25)10-7-6-9(8-13(10)22)26-17(28)15-11(20)4-3-5-12(15)21/h3-8H,2H2,1H3,(H,26,28). The molecule has 4 nitrogen and oxygen atoms in total. The Morgan fingerprint density at radius 3 is 2.28 bits per heavy atom. The molecule has 0 fully saturated rings. The summed E-state index contributed by atoms with van der Waals surface area (Å²) in [6, 6.07) is 5.89. The quantitative estimate of drug-likeness (QED) is 0.566. The average Bonchev–Trinajstić information content (AvgIpc) is 3.06. The van der Waals surface area contributed by atoms with Crippen LogP contribution < -0.4 is 5.32 Å². The number of carbonyl (C=O) groups is 1. The molecule has 2 aromatic carbocycles. The van der Waals surface area contributed by atoms with Gasteiger partial charge in [-0.15, -0.1) is 0 Å². The van der Waals surface area contributed by atoms with Gasteiger partial charge in [-0.25, -0.2) is 18.2 Å². The maximum Gasteiger partial charge on any atom is 0.468 e. The monoisotopic (exact) mass is 414 g/mol. The Balaban J connectivity index is 1.92. The van der Waals surface area contributed by atoms with E-state index in [1.807, 2.05) is 0 Å². The van der Waals surface area contributed by atoms with Gasteiger partial charge in [0.15, 0.2) is 0 Å². The molecule has 29 heavy (non-hydrogen) atoms. The number of hydrogen-bond acceptors (Lipinski definition) is 3. The molecular formula is C19H12F6N2O2. The third-order valence-corrected chi connectivity index (χ3v) is 3.93. The summed E-state index contributed by atoms with van der Waals surface area (Å²) in [7, 11) is 0. The largest absolute Gasteiger partial charge is 0.468 e. The molecule has 0 saturated heterocycles. The minimum atomic E-state index is -4.84. The number of carbonyl (C=O) groups excluding carboxylic acids is 1. The van der Waals surface area contributed by atoms with Crippen molar-refractivity contribution in [1.82, 2.24) is 4.98 Å². The average molecular weight is 414 g/mol. The summed E-state index contributed by atoms with van der Waals surface area (Å²) < 4.78 is 84.9. The third kappa shape index (κ3) is 4.10. The molecule has 3 rings (SSSR count). The number of aryl methyl sites for hydroxylation is 1. The van der Waals surface area contributed by atoms with E-state index in [9.17, 15) is 31.1 Å². The van der Waals surface area contributed by atoms with Crippen molar-refractivity contribution >= 4 is 11.6 Å². The van der Waals surface area contributed by atoms with Crippen LogP contribution in [0.1, 0.15) is 28.9 Å². The number of rotatable bonds is 4. The van der Waals surface area contributed by atoms with Crippen molar-refractivity contribution in [2.75, 3.05) is 5.32 Å². The van der Waals surface area contributed by atoms with Crippen LogP contribution in [0.5, 0.6) is 0 Å². The first-order valence-electron chi connectivity index (χ1n) is 8.24. The van der Waals surface area contributed by atoms with E-state index in [1.54, 1.807) is 0 Å². The van der Waals surface area contributed by atoms with Gasteiger partial charge in [-0.3, -0.25) is 4.79 Å². The molecule has 152 valence electrons. The van der Waals surface area contributed by atoms with Crippen LogP contribution in [0.15, 0.2) is 40.8 Å². The van der Waals surface area contributed by atoms with E-state index in [4.69, 9.17) is 0 Å². The minimum absolute atomic E-state index is 0.0307. The summed E-state index contributed by atoms with van der Waals surface area (Å²) in [6.07, 6.45) is -4.81. The number of aromatic nitrogens is 1. The summed E-state index contributed by atoms with van der Waals surface area (Å²) in [5.41, 5.74) is -1.61. The lowest BCUT2D eigenvalue weighted by atomic mass is 10.1. The van der Waals surface area contributed by atoms with Gasteiger partial charge in [0, 0.05) is 17.7 Å². The molecule has 1 N–H and O–H groups in total. The first-order chi connectivity index (χ1) is 13.6. The summed E-state index contributed by atoms with van der Waals surface area (Å²) in [5, 5.41) is 2.13. The van der Waals surface area contributed by atoms with Crippen LogP contribution in [0.2, 0.25) is 0 Å². The van der Waals surface area contributed by atoms with E-state index in [1.165, 1.54) is 6.92 Å². The molecular weight excluding hydrogens is 402 g/mol. The molecule has 0 unspecified atom stereocenters. The Morgan fingerprint density at radius 1 is 1.07 bits per heavy atom. The van der Waals surface area contributed by atoms with Gasteiger partial charge in [0.05, 0.1) is 0 Å². The zero-order valence-electron chi connectivity index (χ0n) is 14.7. The van der Waals surface area contributed by atoms with Crippen LogP contribution in [-0.2, 0) is 12.6 Å². The molecule has 0 aliphatic rings. The van der Waals surface area contributed by atoms with Gasteiger partial charge in [-0.1, -0.05) is 13.0 Å². The molecule has 0 aliphatic heterocycles. The smallest absolute Gasteiger partial charge is 0.437 e. The maximum absolute atomic E-state index is 14.5. The van der Waals surface area contributed by atoms with E-state index >= 15 is 0 Å². The lowest BCUT2D eigenvalue weighted by Crippen LogP contribution is -2.16.